The van der Waals surface area contributed by atoms with Crippen LogP contribution in [0.2, 0.25) is 0 Å². The largest absolute Gasteiger partial charge is 0.364 e. The van der Waals surface area contributed by atoms with Crippen LogP contribution in [-0.2, 0) is 6.54 Å². The lowest BCUT2D eigenvalue weighted by molar-refractivity contribution is 0.627. The molecule has 1 N–H and O–H groups in total. The summed E-state index contributed by atoms with van der Waals surface area (Å²) in [5.74, 6) is 0.551. The highest BCUT2D eigenvalue weighted by molar-refractivity contribution is 5.40. The highest BCUT2D eigenvalue weighted by Crippen LogP contribution is 2.11. The van der Waals surface area contributed by atoms with Gasteiger partial charge in [0.25, 0.3) is 0 Å². The number of nitrogens with zero attached hydrogens (tertiary/aromatic N) is 2. The van der Waals surface area contributed by atoms with Gasteiger partial charge >= 0.3 is 0 Å². The second kappa shape index (κ2) is 4.91. The van der Waals surface area contributed by atoms with Crippen LogP contribution in [0.5, 0.6) is 0 Å². The fourth-order valence-electron chi connectivity index (χ4n) is 1.49. The molecule has 0 saturated heterocycles. The molecule has 0 saturated carbocycles. The maximum absolute atomic E-state index is 12.7. The molecular weight excluding hydrogens is 217 g/mol. The summed E-state index contributed by atoms with van der Waals surface area (Å²) >= 11 is 0. The molecular formula is C13H14FN3. The molecule has 1 aromatic carbocycles. The van der Waals surface area contributed by atoms with E-state index in [1.807, 2.05) is 13.8 Å². The molecule has 2 rings (SSSR count). The third-order valence-corrected chi connectivity index (χ3v) is 2.45. The fourth-order valence-corrected chi connectivity index (χ4v) is 1.49. The molecule has 1 aromatic heterocycles. The van der Waals surface area contributed by atoms with Gasteiger partial charge in [0.15, 0.2) is 0 Å². The quantitative estimate of drug-likeness (QED) is 0.882. The van der Waals surface area contributed by atoms with Crippen molar-refractivity contribution < 1.29 is 4.39 Å². The summed E-state index contributed by atoms with van der Waals surface area (Å²) in [5.41, 5.74) is 2.74. The molecule has 0 aliphatic rings. The lowest BCUT2D eigenvalue weighted by Crippen LogP contribution is -2.05. The number of rotatable bonds is 3. The van der Waals surface area contributed by atoms with E-state index in [-0.39, 0.29) is 5.82 Å². The molecule has 88 valence electrons. The first-order chi connectivity index (χ1) is 8.15. The molecule has 0 amide bonds. The third kappa shape index (κ3) is 3.00. The lowest BCUT2D eigenvalue weighted by Gasteiger charge is -2.08. The van der Waals surface area contributed by atoms with E-state index in [4.69, 9.17) is 0 Å². The van der Waals surface area contributed by atoms with Gasteiger partial charge in [-0.1, -0.05) is 12.1 Å². The zero-order valence-electron chi connectivity index (χ0n) is 9.87. The zero-order chi connectivity index (χ0) is 12.3. The molecule has 0 aliphatic carbocycles. The number of nitrogens with one attached hydrogen (secondary N) is 1. The first-order valence-electron chi connectivity index (χ1n) is 5.44. The van der Waals surface area contributed by atoms with Crippen molar-refractivity contribution in [2.75, 3.05) is 5.32 Å². The summed E-state index contributed by atoms with van der Waals surface area (Å²) in [6.07, 6.45) is 1.73. The molecule has 0 aliphatic heterocycles. The molecule has 3 nitrogen and oxygen atoms in total. The minimum absolute atomic E-state index is 0.222. The van der Waals surface area contributed by atoms with Crippen molar-refractivity contribution in [2.24, 2.45) is 0 Å². The number of hydrogen-bond donors (Lipinski definition) is 1. The summed E-state index contributed by atoms with van der Waals surface area (Å²) in [7, 11) is 0. The Hall–Kier alpha value is -1.97. The summed E-state index contributed by atoms with van der Waals surface area (Å²) in [6.45, 7) is 4.41. The van der Waals surface area contributed by atoms with Crippen LogP contribution in [0.25, 0.3) is 0 Å². The third-order valence-electron chi connectivity index (χ3n) is 2.45. The number of anilines is 1. The Labute approximate surface area is 99.7 Å². The molecule has 1 heterocycles. The second-order valence-electron chi connectivity index (χ2n) is 3.93. The molecule has 17 heavy (non-hydrogen) atoms. The van der Waals surface area contributed by atoms with E-state index in [2.05, 4.69) is 15.3 Å². The van der Waals surface area contributed by atoms with Crippen LogP contribution in [0.1, 0.15) is 17.0 Å². The van der Waals surface area contributed by atoms with Gasteiger partial charge in [0.1, 0.15) is 11.6 Å². The minimum atomic E-state index is -0.222. The van der Waals surface area contributed by atoms with E-state index in [9.17, 15) is 4.39 Å². The maximum Gasteiger partial charge on any atom is 0.148 e. The molecule has 4 heteroatoms. The van der Waals surface area contributed by atoms with E-state index in [0.29, 0.717) is 6.54 Å². The van der Waals surface area contributed by atoms with Gasteiger partial charge in [-0.05, 0) is 31.5 Å². The van der Waals surface area contributed by atoms with Crippen LogP contribution in [-0.4, -0.2) is 9.97 Å². The van der Waals surface area contributed by atoms with Gasteiger partial charge in [0.2, 0.25) is 0 Å². The van der Waals surface area contributed by atoms with Crippen LogP contribution in [0, 0.1) is 19.7 Å². The molecule has 0 radical (unpaired) electrons. The van der Waals surface area contributed by atoms with Gasteiger partial charge in [0.05, 0.1) is 11.4 Å². The van der Waals surface area contributed by atoms with E-state index in [1.165, 1.54) is 12.1 Å². The summed E-state index contributed by atoms with van der Waals surface area (Å²) in [6, 6.07) is 6.40. The van der Waals surface area contributed by atoms with Crippen molar-refractivity contribution >= 4 is 5.82 Å². The van der Waals surface area contributed by atoms with E-state index in [0.717, 1.165) is 22.8 Å². The van der Waals surface area contributed by atoms with E-state index >= 15 is 0 Å². The standard InChI is InChI=1S/C13H14FN3/c1-9-7-15-10(2)13(17-9)16-8-11-3-5-12(14)6-4-11/h3-7H,8H2,1-2H3,(H,16,17). The lowest BCUT2D eigenvalue weighted by atomic mass is 10.2. The Kier molecular flexibility index (Phi) is 3.32. The average molecular weight is 231 g/mol. The normalized spacial score (nSPS) is 10.3. The predicted molar refractivity (Wildman–Crippen MR) is 65.2 cm³/mol. The van der Waals surface area contributed by atoms with Crippen LogP contribution in [0.3, 0.4) is 0 Å². The maximum atomic E-state index is 12.7. The van der Waals surface area contributed by atoms with Gasteiger partial charge in [-0.3, -0.25) is 4.98 Å². The van der Waals surface area contributed by atoms with E-state index in [1.54, 1.807) is 18.3 Å². The number of benzene rings is 1. The molecule has 0 bridgehead atoms. The Balaban J connectivity index is 2.07. The first-order valence-corrected chi connectivity index (χ1v) is 5.44. The molecule has 2 aromatic rings. The van der Waals surface area contributed by atoms with Crippen LogP contribution in [0.15, 0.2) is 30.5 Å². The number of aryl methyl sites for hydroxylation is 2. The smallest absolute Gasteiger partial charge is 0.148 e. The van der Waals surface area contributed by atoms with Crippen molar-refractivity contribution in [3.05, 3.63) is 53.2 Å². The molecule has 0 spiro atoms. The number of hydrogen-bond acceptors (Lipinski definition) is 3. The molecule has 0 unspecified atom stereocenters. The number of aromatic nitrogens is 2. The van der Waals surface area contributed by atoms with Crippen molar-refractivity contribution in [3.8, 4) is 0 Å². The summed E-state index contributed by atoms with van der Waals surface area (Å²) < 4.78 is 12.7. The Morgan fingerprint density at radius 1 is 1.18 bits per heavy atom. The van der Waals surface area contributed by atoms with Gasteiger partial charge in [-0.2, -0.15) is 0 Å². The molecule has 0 fully saturated rings. The second-order valence-corrected chi connectivity index (χ2v) is 3.93. The van der Waals surface area contributed by atoms with Crippen molar-refractivity contribution in [1.82, 2.24) is 9.97 Å². The van der Waals surface area contributed by atoms with Gasteiger partial charge in [-0.15, -0.1) is 0 Å². The topological polar surface area (TPSA) is 37.8 Å². The highest BCUT2D eigenvalue weighted by atomic mass is 19.1. The van der Waals surface area contributed by atoms with Crippen LogP contribution < -0.4 is 5.32 Å². The van der Waals surface area contributed by atoms with Crippen LogP contribution in [0.4, 0.5) is 10.2 Å². The molecule has 0 atom stereocenters. The van der Waals surface area contributed by atoms with Crippen molar-refractivity contribution in [1.29, 1.82) is 0 Å². The first kappa shape index (κ1) is 11.5. The highest BCUT2D eigenvalue weighted by Gasteiger charge is 2.01. The minimum Gasteiger partial charge on any atom is -0.364 e. The van der Waals surface area contributed by atoms with Crippen molar-refractivity contribution in [3.63, 3.8) is 0 Å². The zero-order valence-corrected chi connectivity index (χ0v) is 9.87. The van der Waals surface area contributed by atoms with Crippen molar-refractivity contribution in [2.45, 2.75) is 20.4 Å². The van der Waals surface area contributed by atoms with E-state index < -0.39 is 0 Å². The van der Waals surface area contributed by atoms with Crippen LogP contribution >= 0.6 is 0 Å². The predicted octanol–water partition coefficient (Wildman–Crippen LogP) is 2.84. The Morgan fingerprint density at radius 3 is 2.59 bits per heavy atom. The summed E-state index contributed by atoms with van der Waals surface area (Å²) in [5, 5.41) is 3.19. The Morgan fingerprint density at radius 2 is 1.88 bits per heavy atom. The monoisotopic (exact) mass is 231 g/mol. The summed E-state index contributed by atoms with van der Waals surface area (Å²) in [4.78, 5) is 8.58. The van der Waals surface area contributed by atoms with Gasteiger partial charge in [-0.25, -0.2) is 9.37 Å². The number of halogens is 1. The van der Waals surface area contributed by atoms with Gasteiger partial charge < -0.3 is 5.32 Å². The Bertz CT molecular complexity index is 509. The fraction of sp³-hybridized carbons (Fsp3) is 0.231. The average Bonchev–Trinajstić information content (AvgIpc) is 2.32. The van der Waals surface area contributed by atoms with Gasteiger partial charge in [0, 0.05) is 12.7 Å². The SMILES string of the molecule is Cc1cnc(C)c(NCc2ccc(F)cc2)n1.